The average Bonchev–Trinajstić information content (AvgIpc) is 2.94. The highest BCUT2D eigenvalue weighted by Gasteiger charge is 2.14. The number of rotatable bonds is 5. The van der Waals surface area contributed by atoms with Crippen LogP contribution in [0, 0.1) is 0 Å². The molecule has 0 saturated heterocycles. The molecule has 1 amide bonds. The molecular formula is C15H20N4O. The van der Waals surface area contributed by atoms with Crippen LogP contribution in [0.3, 0.4) is 0 Å². The first-order chi connectivity index (χ1) is 9.58. The minimum atomic E-state index is -0.0344. The van der Waals surface area contributed by atoms with Gasteiger partial charge in [-0.3, -0.25) is 4.79 Å². The summed E-state index contributed by atoms with van der Waals surface area (Å²) < 4.78 is 1.70. The molecular weight excluding hydrogens is 252 g/mol. The molecule has 1 unspecified atom stereocenters. The molecule has 2 rings (SSSR count). The SMILES string of the molecule is CC(N)CCN(C)C(=O)c1cnn(-c2ccccc2)c1. The number of para-hydroxylation sites is 1. The van der Waals surface area contributed by atoms with Gasteiger partial charge in [0.15, 0.2) is 0 Å². The van der Waals surface area contributed by atoms with Gasteiger partial charge < -0.3 is 10.6 Å². The fraction of sp³-hybridized carbons (Fsp3) is 0.333. The van der Waals surface area contributed by atoms with E-state index in [0.29, 0.717) is 12.1 Å². The van der Waals surface area contributed by atoms with Gasteiger partial charge in [-0.1, -0.05) is 18.2 Å². The molecule has 2 aromatic rings. The monoisotopic (exact) mass is 272 g/mol. The maximum absolute atomic E-state index is 12.2. The number of nitrogens with two attached hydrogens (primary N) is 1. The molecule has 0 saturated carbocycles. The molecule has 1 heterocycles. The molecule has 0 aliphatic heterocycles. The summed E-state index contributed by atoms with van der Waals surface area (Å²) in [6.45, 7) is 2.58. The van der Waals surface area contributed by atoms with Gasteiger partial charge in [-0.25, -0.2) is 4.68 Å². The Bertz CT molecular complexity index is 562. The van der Waals surface area contributed by atoms with Gasteiger partial charge >= 0.3 is 0 Å². The van der Waals surface area contributed by atoms with Crippen LogP contribution in [0.5, 0.6) is 0 Å². The predicted octanol–water partition coefficient (Wildman–Crippen LogP) is 1.68. The summed E-state index contributed by atoms with van der Waals surface area (Å²) in [5.74, 6) is -0.0344. The van der Waals surface area contributed by atoms with E-state index in [4.69, 9.17) is 5.73 Å². The van der Waals surface area contributed by atoms with Crippen LogP contribution < -0.4 is 5.73 Å². The van der Waals surface area contributed by atoms with Crippen LogP contribution >= 0.6 is 0 Å². The Morgan fingerprint density at radius 3 is 2.75 bits per heavy atom. The smallest absolute Gasteiger partial charge is 0.256 e. The van der Waals surface area contributed by atoms with Gasteiger partial charge in [0, 0.05) is 25.8 Å². The third-order valence-corrected chi connectivity index (χ3v) is 3.12. The number of benzene rings is 1. The van der Waals surface area contributed by atoms with Crippen molar-refractivity contribution in [2.24, 2.45) is 5.73 Å². The van der Waals surface area contributed by atoms with E-state index in [0.717, 1.165) is 12.1 Å². The molecule has 1 aromatic carbocycles. The topological polar surface area (TPSA) is 64.2 Å². The number of hydrogen-bond acceptors (Lipinski definition) is 3. The molecule has 2 N–H and O–H groups in total. The Morgan fingerprint density at radius 1 is 1.40 bits per heavy atom. The van der Waals surface area contributed by atoms with E-state index >= 15 is 0 Å². The second-order valence-electron chi connectivity index (χ2n) is 5.00. The second-order valence-corrected chi connectivity index (χ2v) is 5.00. The Hall–Kier alpha value is -2.14. The minimum Gasteiger partial charge on any atom is -0.342 e. The van der Waals surface area contributed by atoms with Crippen LogP contribution in [0.4, 0.5) is 0 Å². The molecule has 20 heavy (non-hydrogen) atoms. The van der Waals surface area contributed by atoms with Crippen LogP contribution in [0.1, 0.15) is 23.7 Å². The third-order valence-electron chi connectivity index (χ3n) is 3.12. The van der Waals surface area contributed by atoms with Gasteiger partial charge in [0.05, 0.1) is 17.4 Å². The zero-order chi connectivity index (χ0) is 14.5. The summed E-state index contributed by atoms with van der Waals surface area (Å²) >= 11 is 0. The lowest BCUT2D eigenvalue weighted by Crippen LogP contribution is -2.31. The van der Waals surface area contributed by atoms with Gasteiger partial charge in [-0.05, 0) is 25.5 Å². The molecule has 5 nitrogen and oxygen atoms in total. The molecule has 0 bridgehead atoms. The van der Waals surface area contributed by atoms with Crippen LogP contribution in [0.15, 0.2) is 42.7 Å². The molecule has 5 heteroatoms. The van der Waals surface area contributed by atoms with Crippen molar-refractivity contribution < 1.29 is 4.79 Å². The van der Waals surface area contributed by atoms with Crippen molar-refractivity contribution in [2.75, 3.05) is 13.6 Å². The number of carbonyl (C=O) groups excluding carboxylic acids is 1. The van der Waals surface area contributed by atoms with Gasteiger partial charge in [-0.15, -0.1) is 0 Å². The van der Waals surface area contributed by atoms with Crippen molar-refractivity contribution in [2.45, 2.75) is 19.4 Å². The summed E-state index contributed by atoms with van der Waals surface area (Å²) in [6.07, 6.45) is 4.13. The summed E-state index contributed by atoms with van der Waals surface area (Å²) in [4.78, 5) is 13.9. The van der Waals surface area contributed by atoms with Crippen molar-refractivity contribution in [3.8, 4) is 5.69 Å². The van der Waals surface area contributed by atoms with Crippen LogP contribution in [0.2, 0.25) is 0 Å². The standard InChI is InChI=1S/C15H20N4O/c1-12(16)8-9-18(2)15(20)13-10-17-19(11-13)14-6-4-3-5-7-14/h3-7,10-12H,8-9,16H2,1-2H3. The Balaban J connectivity index is 2.07. The first-order valence-electron chi connectivity index (χ1n) is 6.69. The molecule has 0 radical (unpaired) electrons. The van der Waals surface area contributed by atoms with E-state index in [1.165, 1.54) is 0 Å². The molecule has 1 aromatic heterocycles. The van der Waals surface area contributed by atoms with Gasteiger partial charge in [0.2, 0.25) is 0 Å². The zero-order valence-electron chi connectivity index (χ0n) is 11.9. The molecule has 0 aliphatic rings. The molecule has 0 aliphatic carbocycles. The van der Waals surface area contributed by atoms with E-state index in [-0.39, 0.29) is 11.9 Å². The molecule has 0 fully saturated rings. The van der Waals surface area contributed by atoms with Crippen molar-refractivity contribution in [3.05, 3.63) is 48.3 Å². The zero-order valence-corrected chi connectivity index (χ0v) is 11.9. The number of hydrogen-bond donors (Lipinski definition) is 1. The Labute approximate surface area is 119 Å². The number of carbonyl (C=O) groups is 1. The predicted molar refractivity (Wildman–Crippen MR) is 78.8 cm³/mol. The quantitative estimate of drug-likeness (QED) is 0.900. The fourth-order valence-electron chi connectivity index (χ4n) is 1.87. The van der Waals surface area contributed by atoms with Crippen molar-refractivity contribution in [1.82, 2.24) is 14.7 Å². The molecule has 106 valence electrons. The van der Waals surface area contributed by atoms with E-state index in [1.54, 1.807) is 29.0 Å². The number of aromatic nitrogens is 2. The lowest BCUT2D eigenvalue weighted by atomic mass is 10.2. The highest BCUT2D eigenvalue weighted by molar-refractivity contribution is 5.93. The van der Waals surface area contributed by atoms with E-state index in [1.807, 2.05) is 37.3 Å². The largest absolute Gasteiger partial charge is 0.342 e. The minimum absolute atomic E-state index is 0.0344. The summed E-state index contributed by atoms with van der Waals surface area (Å²) in [5, 5.41) is 4.23. The van der Waals surface area contributed by atoms with Crippen molar-refractivity contribution >= 4 is 5.91 Å². The van der Waals surface area contributed by atoms with Gasteiger partial charge in [0.25, 0.3) is 5.91 Å². The lowest BCUT2D eigenvalue weighted by molar-refractivity contribution is 0.0792. The molecule has 0 spiro atoms. The maximum Gasteiger partial charge on any atom is 0.256 e. The number of nitrogens with zero attached hydrogens (tertiary/aromatic N) is 3. The van der Waals surface area contributed by atoms with E-state index < -0.39 is 0 Å². The van der Waals surface area contributed by atoms with Crippen LogP contribution in [-0.2, 0) is 0 Å². The maximum atomic E-state index is 12.2. The lowest BCUT2D eigenvalue weighted by Gasteiger charge is -2.17. The highest BCUT2D eigenvalue weighted by atomic mass is 16.2. The van der Waals surface area contributed by atoms with Gasteiger partial charge in [0.1, 0.15) is 0 Å². The average molecular weight is 272 g/mol. The summed E-state index contributed by atoms with van der Waals surface area (Å²) in [5.41, 5.74) is 7.22. The summed E-state index contributed by atoms with van der Waals surface area (Å²) in [6, 6.07) is 9.81. The Kier molecular flexibility index (Phi) is 4.53. The normalized spacial score (nSPS) is 12.2. The molecule has 1 atom stereocenters. The van der Waals surface area contributed by atoms with E-state index in [2.05, 4.69) is 5.10 Å². The Morgan fingerprint density at radius 2 is 2.10 bits per heavy atom. The first-order valence-corrected chi connectivity index (χ1v) is 6.69. The van der Waals surface area contributed by atoms with Crippen molar-refractivity contribution in [3.63, 3.8) is 0 Å². The van der Waals surface area contributed by atoms with Crippen molar-refractivity contribution in [1.29, 1.82) is 0 Å². The van der Waals surface area contributed by atoms with Gasteiger partial charge in [-0.2, -0.15) is 5.10 Å². The summed E-state index contributed by atoms with van der Waals surface area (Å²) in [7, 11) is 1.78. The number of amides is 1. The third kappa shape index (κ3) is 3.45. The van der Waals surface area contributed by atoms with Crippen LogP contribution in [0.25, 0.3) is 5.69 Å². The first kappa shape index (κ1) is 14.3. The van der Waals surface area contributed by atoms with Crippen LogP contribution in [-0.4, -0.2) is 40.2 Å². The van der Waals surface area contributed by atoms with E-state index in [9.17, 15) is 4.79 Å². The fourth-order valence-corrected chi connectivity index (χ4v) is 1.87. The highest BCUT2D eigenvalue weighted by Crippen LogP contribution is 2.09. The second kappa shape index (κ2) is 6.34.